The summed E-state index contributed by atoms with van der Waals surface area (Å²) in [6.07, 6.45) is 0.577. The van der Waals surface area contributed by atoms with Gasteiger partial charge in [-0.3, -0.25) is 4.79 Å². The molecule has 0 unspecified atom stereocenters. The van der Waals surface area contributed by atoms with E-state index in [1.807, 2.05) is 50.2 Å². The third kappa shape index (κ3) is 3.94. The standard InChI is InChI=1S/C20H26N2O2/c1-15(2)24-19-8-7-16-5-3-4-6-17(16)20(19)18(23)9-12-22-13-10-21-11-14-22/h3-8,15,21H,9-14H2,1-2H3. The van der Waals surface area contributed by atoms with Crippen LogP contribution in [-0.2, 0) is 0 Å². The fourth-order valence-corrected chi connectivity index (χ4v) is 3.21. The molecule has 0 atom stereocenters. The van der Waals surface area contributed by atoms with Crippen molar-refractivity contribution in [3.8, 4) is 5.75 Å². The van der Waals surface area contributed by atoms with Crippen molar-refractivity contribution < 1.29 is 9.53 Å². The highest BCUT2D eigenvalue weighted by Crippen LogP contribution is 2.30. The van der Waals surface area contributed by atoms with Gasteiger partial charge in [-0.15, -0.1) is 0 Å². The van der Waals surface area contributed by atoms with Crippen LogP contribution in [0.5, 0.6) is 5.75 Å². The molecule has 1 saturated heterocycles. The third-order valence-electron chi connectivity index (χ3n) is 4.40. The van der Waals surface area contributed by atoms with Gasteiger partial charge in [0, 0.05) is 39.1 Å². The summed E-state index contributed by atoms with van der Waals surface area (Å²) >= 11 is 0. The van der Waals surface area contributed by atoms with Gasteiger partial charge in [-0.25, -0.2) is 0 Å². The number of fused-ring (bicyclic) bond motifs is 1. The van der Waals surface area contributed by atoms with E-state index in [1.54, 1.807) is 0 Å². The summed E-state index contributed by atoms with van der Waals surface area (Å²) < 4.78 is 5.92. The average Bonchev–Trinajstić information content (AvgIpc) is 2.60. The van der Waals surface area contributed by atoms with Gasteiger partial charge < -0.3 is 15.0 Å². The predicted octanol–water partition coefficient (Wildman–Crippen LogP) is 3.11. The minimum absolute atomic E-state index is 0.0471. The van der Waals surface area contributed by atoms with E-state index < -0.39 is 0 Å². The van der Waals surface area contributed by atoms with Crippen LogP contribution in [0.4, 0.5) is 0 Å². The van der Waals surface area contributed by atoms with Gasteiger partial charge in [0.05, 0.1) is 11.7 Å². The number of carbonyl (C=O) groups is 1. The Bertz CT molecular complexity index is 706. The molecule has 1 heterocycles. The fourth-order valence-electron chi connectivity index (χ4n) is 3.21. The summed E-state index contributed by atoms with van der Waals surface area (Å²) in [5.41, 5.74) is 0.733. The fraction of sp³-hybridized carbons (Fsp3) is 0.450. The molecule has 2 aromatic rings. The number of nitrogens with zero attached hydrogens (tertiary/aromatic N) is 1. The number of hydrogen-bond acceptors (Lipinski definition) is 4. The van der Waals surface area contributed by atoms with Crippen LogP contribution in [0, 0.1) is 0 Å². The molecule has 4 nitrogen and oxygen atoms in total. The van der Waals surface area contributed by atoms with Crippen LogP contribution in [0.1, 0.15) is 30.6 Å². The minimum Gasteiger partial charge on any atom is -0.490 e. The molecule has 1 aliphatic rings. The van der Waals surface area contributed by atoms with Crippen molar-refractivity contribution in [3.05, 3.63) is 42.0 Å². The topological polar surface area (TPSA) is 41.6 Å². The molecule has 0 saturated carbocycles. The first-order valence-electron chi connectivity index (χ1n) is 8.80. The minimum atomic E-state index is 0.0471. The van der Waals surface area contributed by atoms with Gasteiger partial charge in [-0.05, 0) is 30.7 Å². The van der Waals surface area contributed by atoms with Crippen LogP contribution < -0.4 is 10.1 Å². The molecule has 24 heavy (non-hydrogen) atoms. The first-order valence-corrected chi connectivity index (χ1v) is 8.80. The molecule has 3 rings (SSSR count). The molecule has 0 radical (unpaired) electrons. The molecule has 1 N–H and O–H groups in total. The van der Waals surface area contributed by atoms with Crippen molar-refractivity contribution in [2.24, 2.45) is 0 Å². The molecule has 0 amide bonds. The molecule has 1 fully saturated rings. The summed E-state index contributed by atoms with van der Waals surface area (Å²) in [5.74, 6) is 0.870. The van der Waals surface area contributed by atoms with E-state index in [1.165, 1.54) is 0 Å². The smallest absolute Gasteiger partial charge is 0.168 e. The molecule has 0 bridgehead atoms. The Kier molecular flexibility index (Phi) is 5.48. The summed E-state index contributed by atoms with van der Waals surface area (Å²) in [6.45, 7) is 8.82. The third-order valence-corrected chi connectivity index (χ3v) is 4.40. The molecule has 0 aliphatic carbocycles. The number of hydrogen-bond donors (Lipinski definition) is 1. The van der Waals surface area contributed by atoms with Crippen molar-refractivity contribution in [1.82, 2.24) is 10.2 Å². The van der Waals surface area contributed by atoms with Gasteiger partial charge in [0.25, 0.3) is 0 Å². The monoisotopic (exact) mass is 326 g/mol. The Morgan fingerprint density at radius 1 is 1.17 bits per heavy atom. The van der Waals surface area contributed by atoms with E-state index in [4.69, 9.17) is 4.74 Å². The second-order valence-electron chi connectivity index (χ2n) is 6.59. The number of Topliss-reactive ketones (excluding diaryl/α,β-unsaturated/α-hetero) is 1. The number of carbonyl (C=O) groups excluding carboxylic acids is 1. The van der Waals surface area contributed by atoms with E-state index >= 15 is 0 Å². The highest BCUT2D eigenvalue weighted by atomic mass is 16.5. The van der Waals surface area contributed by atoms with Crippen LogP contribution in [-0.4, -0.2) is 49.5 Å². The van der Waals surface area contributed by atoms with Gasteiger partial charge in [0.2, 0.25) is 0 Å². The van der Waals surface area contributed by atoms with Crippen LogP contribution >= 0.6 is 0 Å². The van der Waals surface area contributed by atoms with Gasteiger partial charge in [-0.1, -0.05) is 30.3 Å². The first-order chi connectivity index (χ1) is 11.6. The Morgan fingerprint density at radius 2 is 1.92 bits per heavy atom. The van der Waals surface area contributed by atoms with E-state index in [-0.39, 0.29) is 11.9 Å². The van der Waals surface area contributed by atoms with E-state index in [9.17, 15) is 4.79 Å². The Balaban J connectivity index is 1.85. The molecular formula is C20H26N2O2. The lowest BCUT2D eigenvalue weighted by Gasteiger charge is -2.27. The molecule has 1 aliphatic heterocycles. The lowest BCUT2D eigenvalue weighted by Crippen LogP contribution is -2.44. The van der Waals surface area contributed by atoms with Crippen LogP contribution in [0.25, 0.3) is 10.8 Å². The normalized spacial score (nSPS) is 15.8. The van der Waals surface area contributed by atoms with Crippen molar-refractivity contribution in [1.29, 1.82) is 0 Å². The number of ether oxygens (including phenoxy) is 1. The predicted molar refractivity (Wildman–Crippen MR) is 98.0 cm³/mol. The maximum atomic E-state index is 13.0. The maximum absolute atomic E-state index is 13.0. The highest BCUT2D eigenvalue weighted by molar-refractivity contribution is 6.10. The largest absolute Gasteiger partial charge is 0.490 e. The lowest BCUT2D eigenvalue weighted by atomic mass is 9.98. The number of rotatable bonds is 6. The summed E-state index contributed by atoms with van der Waals surface area (Å²) in [6, 6.07) is 12.0. The molecule has 2 aromatic carbocycles. The SMILES string of the molecule is CC(C)Oc1ccc2ccccc2c1C(=O)CCN1CCNCC1. The summed E-state index contributed by atoms with van der Waals surface area (Å²) in [5, 5.41) is 5.41. The van der Waals surface area contributed by atoms with Gasteiger partial charge in [-0.2, -0.15) is 0 Å². The van der Waals surface area contributed by atoms with Gasteiger partial charge in [0.15, 0.2) is 5.78 Å². The molecule has 0 aromatic heterocycles. The van der Waals surface area contributed by atoms with Crippen molar-refractivity contribution in [2.45, 2.75) is 26.4 Å². The zero-order chi connectivity index (χ0) is 16.9. The highest BCUT2D eigenvalue weighted by Gasteiger charge is 2.19. The van der Waals surface area contributed by atoms with E-state index in [2.05, 4.69) is 10.2 Å². The van der Waals surface area contributed by atoms with Crippen LogP contribution in [0.15, 0.2) is 36.4 Å². The maximum Gasteiger partial charge on any atom is 0.168 e. The van der Waals surface area contributed by atoms with Crippen LogP contribution in [0.2, 0.25) is 0 Å². The van der Waals surface area contributed by atoms with E-state index in [0.29, 0.717) is 12.2 Å². The Morgan fingerprint density at radius 3 is 2.67 bits per heavy atom. The van der Waals surface area contributed by atoms with Crippen molar-refractivity contribution in [3.63, 3.8) is 0 Å². The Labute approximate surface area is 143 Å². The summed E-state index contributed by atoms with van der Waals surface area (Å²) in [4.78, 5) is 15.3. The van der Waals surface area contributed by atoms with Crippen molar-refractivity contribution in [2.75, 3.05) is 32.7 Å². The number of piperazine rings is 1. The number of nitrogens with one attached hydrogen (secondary N) is 1. The molecule has 128 valence electrons. The van der Waals surface area contributed by atoms with Crippen LogP contribution in [0.3, 0.4) is 0 Å². The van der Waals surface area contributed by atoms with Gasteiger partial charge >= 0.3 is 0 Å². The average molecular weight is 326 g/mol. The molecule has 0 spiro atoms. The number of ketones is 1. The summed E-state index contributed by atoms with van der Waals surface area (Å²) in [7, 11) is 0. The zero-order valence-electron chi connectivity index (χ0n) is 14.5. The van der Waals surface area contributed by atoms with Crippen molar-refractivity contribution >= 4 is 16.6 Å². The molecule has 4 heteroatoms. The second-order valence-corrected chi connectivity index (χ2v) is 6.59. The number of benzene rings is 2. The quantitative estimate of drug-likeness (QED) is 0.828. The molecular weight excluding hydrogens is 300 g/mol. The lowest BCUT2D eigenvalue weighted by molar-refractivity contribution is 0.0957. The first kappa shape index (κ1) is 16.9. The second kappa shape index (κ2) is 7.77. The van der Waals surface area contributed by atoms with E-state index in [0.717, 1.165) is 49.1 Å². The Hall–Kier alpha value is -1.91. The van der Waals surface area contributed by atoms with Gasteiger partial charge in [0.1, 0.15) is 5.75 Å². The zero-order valence-corrected chi connectivity index (χ0v) is 14.5.